The molecule has 0 rings (SSSR count). The molecule has 8 nitrogen and oxygen atoms in total. The molecular formula is C43H84O8. The van der Waals surface area contributed by atoms with Crippen LogP contribution in [-0.2, 0) is 19.1 Å². The van der Waals surface area contributed by atoms with Crippen molar-refractivity contribution in [2.75, 3.05) is 13.2 Å². The van der Waals surface area contributed by atoms with Gasteiger partial charge in [-0.3, -0.25) is 9.59 Å². The van der Waals surface area contributed by atoms with Gasteiger partial charge in [-0.15, -0.1) is 0 Å². The Balaban J connectivity index is 0. The Morgan fingerprint density at radius 1 is 0.451 bits per heavy atom. The highest BCUT2D eigenvalue weighted by Crippen LogP contribution is 2.48. The second kappa shape index (κ2) is 35.4. The number of carbonyl (C=O) groups is 3. The second-order valence-corrected chi connectivity index (χ2v) is 14.9. The van der Waals surface area contributed by atoms with Crippen LogP contribution in [0.2, 0.25) is 0 Å². The first-order chi connectivity index (χ1) is 24.6. The molecule has 4 N–H and O–H groups in total. The van der Waals surface area contributed by atoms with Gasteiger partial charge in [-0.1, -0.05) is 194 Å². The average molecular weight is 729 g/mol. The second-order valence-electron chi connectivity index (χ2n) is 14.9. The van der Waals surface area contributed by atoms with Gasteiger partial charge in [0.25, 0.3) is 0 Å². The monoisotopic (exact) mass is 729 g/mol. The van der Waals surface area contributed by atoms with E-state index in [1.54, 1.807) is 0 Å². The standard InChI is InChI=1S/C39H74O7.C4H10O/c1-4-7-10-13-16-19-22-25-28-31-34(35(40)41)39(46,37(44)45)38(36(42)43,32-29-26-23-20-17-14-11-8-5-2)33-30-27-24-21-18-15-12-9-6-3;1-3-5-4-2/h34,46H,4-33H2,1-3H3,(H,40,41)(H,42,43)(H,44,45);3-4H2,1-2H3. The van der Waals surface area contributed by atoms with Crippen LogP contribution in [0.4, 0.5) is 0 Å². The number of unbranched alkanes of at least 4 members (excludes halogenated alkanes) is 24. The van der Waals surface area contributed by atoms with Crippen LogP contribution in [0.5, 0.6) is 0 Å². The van der Waals surface area contributed by atoms with E-state index in [1.807, 2.05) is 13.8 Å². The number of ether oxygens (including phenoxy) is 1. The van der Waals surface area contributed by atoms with Crippen molar-refractivity contribution >= 4 is 17.9 Å². The number of aliphatic carboxylic acids is 3. The van der Waals surface area contributed by atoms with Crippen LogP contribution in [0, 0.1) is 11.3 Å². The largest absolute Gasteiger partial charge is 0.481 e. The lowest BCUT2D eigenvalue weighted by atomic mass is 9.59. The van der Waals surface area contributed by atoms with Gasteiger partial charge in [0.1, 0.15) is 5.41 Å². The highest BCUT2D eigenvalue weighted by Gasteiger charge is 2.65. The minimum absolute atomic E-state index is 0.0282. The molecule has 304 valence electrons. The maximum Gasteiger partial charge on any atom is 0.337 e. The van der Waals surface area contributed by atoms with Crippen molar-refractivity contribution in [2.45, 2.75) is 233 Å². The number of carboxylic acids is 3. The van der Waals surface area contributed by atoms with E-state index in [4.69, 9.17) is 4.74 Å². The van der Waals surface area contributed by atoms with Crippen LogP contribution >= 0.6 is 0 Å². The van der Waals surface area contributed by atoms with Crippen molar-refractivity contribution < 1.29 is 39.5 Å². The van der Waals surface area contributed by atoms with Crippen LogP contribution in [0.15, 0.2) is 0 Å². The molecule has 0 radical (unpaired) electrons. The molecule has 0 saturated heterocycles. The van der Waals surface area contributed by atoms with Crippen molar-refractivity contribution in [3.8, 4) is 0 Å². The van der Waals surface area contributed by atoms with Gasteiger partial charge in [0.15, 0.2) is 5.60 Å². The molecule has 0 fully saturated rings. The van der Waals surface area contributed by atoms with E-state index >= 15 is 0 Å². The Labute approximate surface area is 314 Å². The third kappa shape index (κ3) is 23.6. The molecular weight excluding hydrogens is 644 g/mol. The summed E-state index contributed by atoms with van der Waals surface area (Å²) in [7, 11) is 0. The molecule has 0 spiro atoms. The normalized spacial score (nSPS) is 13.3. The summed E-state index contributed by atoms with van der Waals surface area (Å²) >= 11 is 0. The molecule has 0 aliphatic heterocycles. The fourth-order valence-corrected chi connectivity index (χ4v) is 7.42. The molecule has 51 heavy (non-hydrogen) atoms. The van der Waals surface area contributed by atoms with E-state index in [-0.39, 0.29) is 19.3 Å². The summed E-state index contributed by atoms with van der Waals surface area (Å²) in [6.45, 7) is 12.2. The van der Waals surface area contributed by atoms with Crippen LogP contribution in [-0.4, -0.2) is 57.1 Å². The summed E-state index contributed by atoms with van der Waals surface area (Å²) in [4.78, 5) is 38.7. The van der Waals surface area contributed by atoms with Gasteiger partial charge < -0.3 is 25.2 Å². The maximum atomic E-state index is 13.1. The van der Waals surface area contributed by atoms with Crippen LogP contribution in [0.1, 0.15) is 227 Å². The lowest BCUT2D eigenvalue weighted by molar-refractivity contribution is -0.207. The summed E-state index contributed by atoms with van der Waals surface area (Å²) in [6.07, 6.45) is 27.3. The fourth-order valence-electron chi connectivity index (χ4n) is 7.42. The zero-order chi connectivity index (χ0) is 38.6. The molecule has 0 aliphatic carbocycles. The maximum absolute atomic E-state index is 13.1. The summed E-state index contributed by atoms with van der Waals surface area (Å²) in [5.41, 5.74) is -4.94. The number of carboxylic acid groups (broad SMARTS) is 3. The van der Waals surface area contributed by atoms with Gasteiger partial charge in [-0.2, -0.15) is 0 Å². The zero-order valence-corrected chi connectivity index (χ0v) is 34.1. The first kappa shape index (κ1) is 51.4. The minimum atomic E-state index is -2.88. The summed E-state index contributed by atoms with van der Waals surface area (Å²) in [5.74, 6) is -6.20. The highest BCUT2D eigenvalue weighted by atomic mass is 16.5. The highest BCUT2D eigenvalue weighted by molar-refractivity contribution is 5.93. The van der Waals surface area contributed by atoms with Crippen LogP contribution < -0.4 is 0 Å². The first-order valence-electron chi connectivity index (χ1n) is 21.6. The Morgan fingerprint density at radius 3 is 0.980 bits per heavy atom. The van der Waals surface area contributed by atoms with Gasteiger partial charge in [-0.25, -0.2) is 4.79 Å². The van der Waals surface area contributed by atoms with Crippen molar-refractivity contribution in [3.05, 3.63) is 0 Å². The molecule has 2 unspecified atom stereocenters. The smallest absolute Gasteiger partial charge is 0.337 e. The molecule has 0 heterocycles. The molecule has 0 saturated carbocycles. The summed E-state index contributed by atoms with van der Waals surface area (Å²) in [5, 5.41) is 43.5. The Hall–Kier alpha value is -1.67. The van der Waals surface area contributed by atoms with Gasteiger partial charge in [0, 0.05) is 13.2 Å². The number of rotatable bonds is 37. The van der Waals surface area contributed by atoms with E-state index in [0.717, 1.165) is 90.3 Å². The molecule has 0 aliphatic rings. The average Bonchev–Trinajstić information content (AvgIpc) is 3.10. The Bertz CT molecular complexity index is 792. The van der Waals surface area contributed by atoms with Gasteiger partial charge in [-0.05, 0) is 33.1 Å². The Kier molecular flexibility index (Phi) is 35.7. The first-order valence-corrected chi connectivity index (χ1v) is 21.6. The van der Waals surface area contributed by atoms with E-state index < -0.39 is 34.8 Å². The molecule has 2 atom stereocenters. The third-order valence-electron chi connectivity index (χ3n) is 10.7. The topological polar surface area (TPSA) is 141 Å². The molecule has 0 bridgehead atoms. The zero-order valence-electron chi connectivity index (χ0n) is 34.1. The lowest BCUT2D eigenvalue weighted by Crippen LogP contribution is -2.64. The molecule has 0 aromatic rings. The SMILES string of the molecule is CCCCCCCCCCCC(C(=O)O)C(O)(C(=O)O)C(CCCCCCCCCCC)(CCCCCCCCCCC)C(=O)O.CCOCC. The predicted molar refractivity (Wildman–Crippen MR) is 211 cm³/mol. The van der Waals surface area contributed by atoms with Gasteiger partial charge in [0.05, 0.1) is 5.92 Å². The van der Waals surface area contributed by atoms with Crippen LogP contribution in [0.3, 0.4) is 0 Å². The number of hydrogen-bond donors (Lipinski definition) is 4. The summed E-state index contributed by atoms with van der Waals surface area (Å²) in [6, 6.07) is 0. The van der Waals surface area contributed by atoms with Crippen molar-refractivity contribution in [1.82, 2.24) is 0 Å². The lowest BCUT2D eigenvalue weighted by Gasteiger charge is -2.45. The predicted octanol–water partition coefficient (Wildman–Crippen LogP) is 12.4. The van der Waals surface area contributed by atoms with Gasteiger partial charge in [0.2, 0.25) is 0 Å². The quantitative estimate of drug-likeness (QED) is 0.0463. The van der Waals surface area contributed by atoms with Crippen molar-refractivity contribution in [1.29, 1.82) is 0 Å². The number of aliphatic hydroxyl groups is 1. The van der Waals surface area contributed by atoms with E-state index in [0.29, 0.717) is 19.3 Å². The molecule has 0 aromatic heterocycles. The van der Waals surface area contributed by atoms with E-state index in [9.17, 15) is 34.8 Å². The molecule has 0 aromatic carbocycles. The van der Waals surface area contributed by atoms with E-state index in [2.05, 4.69) is 20.8 Å². The minimum Gasteiger partial charge on any atom is -0.481 e. The number of hydrogen-bond acceptors (Lipinski definition) is 5. The van der Waals surface area contributed by atoms with Crippen molar-refractivity contribution in [3.63, 3.8) is 0 Å². The van der Waals surface area contributed by atoms with Gasteiger partial charge >= 0.3 is 17.9 Å². The Morgan fingerprint density at radius 2 is 0.745 bits per heavy atom. The summed E-state index contributed by atoms with van der Waals surface area (Å²) < 4.78 is 4.83. The van der Waals surface area contributed by atoms with E-state index in [1.165, 1.54) is 77.0 Å². The van der Waals surface area contributed by atoms with Crippen molar-refractivity contribution in [2.24, 2.45) is 11.3 Å². The molecule has 8 heteroatoms. The molecule has 0 amide bonds. The third-order valence-corrected chi connectivity index (χ3v) is 10.7. The van der Waals surface area contributed by atoms with Crippen LogP contribution in [0.25, 0.3) is 0 Å². The fraction of sp³-hybridized carbons (Fsp3) is 0.930.